The van der Waals surface area contributed by atoms with E-state index in [9.17, 15) is 49.8 Å². The Morgan fingerprint density at radius 1 is 0.474 bits per heavy atom. The van der Waals surface area contributed by atoms with E-state index in [1.54, 1.807) is 12.1 Å². The zero-order valence-electron chi connectivity index (χ0n) is 21.5. The maximum atomic E-state index is 13.4. The largest absolute Gasteiger partial charge is 0.382 e. The zero-order chi connectivity index (χ0) is 28.9. The number of rotatable bonds is 8. The van der Waals surface area contributed by atoms with Crippen molar-refractivity contribution in [2.24, 2.45) is 0 Å². The second-order valence-electron chi connectivity index (χ2n) is 10.1. The Morgan fingerprint density at radius 2 is 0.737 bits per heavy atom. The normalized spacial score (nSPS) is 36.9. The molecule has 0 heterocycles. The first-order valence-electron chi connectivity index (χ1n) is 11.9. The molecule has 1 aliphatic rings. The van der Waals surface area contributed by atoms with Gasteiger partial charge in [0.25, 0.3) is 0 Å². The van der Waals surface area contributed by atoms with Crippen molar-refractivity contribution in [1.82, 2.24) is 0 Å². The number of Topliss-reactive ketones (excluding diaryl/α,β-unsaturated/α-hetero) is 4. The highest BCUT2D eigenvalue weighted by molar-refractivity contribution is 6.09. The standard InChI is InChI=1S/C28H32O10/c1-17(29)25(35)23(33,15-21-11-7-5-8-12-21)26(36,18(2)30)28(38,20(4)32)27(37,19(3)31)24(25,34)16-22-13-9-6-10-14-22/h5-14,33-38H,15-16H2,1-4H3/t23-,24-,25?,26-,27+,28?/m1/s1. The molecule has 0 aliphatic heterocycles. The van der Waals surface area contributed by atoms with E-state index in [4.69, 9.17) is 0 Å². The molecule has 2 aromatic rings. The van der Waals surface area contributed by atoms with Crippen LogP contribution in [0.4, 0.5) is 0 Å². The molecule has 0 saturated heterocycles. The summed E-state index contributed by atoms with van der Waals surface area (Å²) in [5.41, 5.74) is -22.3. The fourth-order valence-electron chi connectivity index (χ4n) is 6.20. The third-order valence-electron chi connectivity index (χ3n) is 8.08. The Bertz CT molecular complexity index is 1200. The van der Waals surface area contributed by atoms with Crippen LogP contribution >= 0.6 is 0 Å². The molecule has 3 rings (SSSR count). The highest BCUT2D eigenvalue weighted by atomic mass is 16.5. The van der Waals surface area contributed by atoms with Crippen molar-refractivity contribution in [3.63, 3.8) is 0 Å². The minimum Gasteiger partial charge on any atom is -0.382 e. The van der Waals surface area contributed by atoms with Crippen molar-refractivity contribution < 1.29 is 49.8 Å². The molecule has 204 valence electrons. The van der Waals surface area contributed by atoms with E-state index in [-0.39, 0.29) is 11.1 Å². The molecule has 6 atom stereocenters. The van der Waals surface area contributed by atoms with E-state index >= 15 is 0 Å². The molecule has 2 unspecified atom stereocenters. The lowest BCUT2D eigenvalue weighted by molar-refractivity contribution is -0.394. The lowest BCUT2D eigenvalue weighted by Crippen LogP contribution is -3.00. The molecule has 10 nitrogen and oxygen atoms in total. The van der Waals surface area contributed by atoms with Crippen LogP contribution in [0.3, 0.4) is 0 Å². The van der Waals surface area contributed by atoms with Crippen LogP contribution in [0.15, 0.2) is 60.7 Å². The number of carbonyl (C=O) groups is 4. The lowest BCUT2D eigenvalue weighted by Gasteiger charge is -2.69. The molecule has 38 heavy (non-hydrogen) atoms. The Morgan fingerprint density at radius 3 is 0.974 bits per heavy atom. The molecule has 10 heteroatoms. The summed E-state index contributed by atoms with van der Waals surface area (Å²) in [4.78, 5) is 52.9. The van der Waals surface area contributed by atoms with Gasteiger partial charge in [-0.2, -0.15) is 0 Å². The third kappa shape index (κ3) is 3.28. The van der Waals surface area contributed by atoms with Crippen molar-refractivity contribution in [2.75, 3.05) is 0 Å². The van der Waals surface area contributed by atoms with Gasteiger partial charge in [0.05, 0.1) is 0 Å². The van der Waals surface area contributed by atoms with Crippen LogP contribution in [-0.2, 0) is 32.0 Å². The van der Waals surface area contributed by atoms with Crippen LogP contribution in [0.5, 0.6) is 0 Å². The first-order valence-corrected chi connectivity index (χ1v) is 11.9. The quantitative estimate of drug-likeness (QED) is 0.254. The number of carbonyl (C=O) groups excluding carboxylic acids is 4. The number of ketones is 4. The molecule has 1 saturated carbocycles. The van der Waals surface area contributed by atoms with Crippen LogP contribution in [0.25, 0.3) is 0 Å². The Hall–Kier alpha value is -3.12. The summed E-state index contributed by atoms with van der Waals surface area (Å²) in [7, 11) is 0. The van der Waals surface area contributed by atoms with Gasteiger partial charge in [0.2, 0.25) is 5.60 Å². The predicted molar refractivity (Wildman–Crippen MR) is 133 cm³/mol. The minimum atomic E-state index is -3.94. The van der Waals surface area contributed by atoms with Crippen LogP contribution in [0, 0.1) is 0 Å². The van der Waals surface area contributed by atoms with E-state index in [1.807, 2.05) is 0 Å². The molecule has 0 amide bonds. The van der Waals surface area contributed by atoms with Crippen LogP contribution < -0.4 is 0 Å². The van der Waals surface area contributed by atoms with Crippen LogP contribution in [0.2, 0.25) is 0 Å². The van der Waals surface area contributed by atoms with Crippen molar-refractivity contribution in [3.8, 4) is 0 Å². The summed E-state index contributed by atoms with van der Waals surface area (Å²) < 4.78 is 0. The van der Waals surface area contributed by atoms with Gasteiger partial charge in [0, 0.05) is 12.8 Å². The molecule has 1 fully saturated rings. The SMILES string of the molecule is CC(=O)C1(O)[C@](O)(Cc2ccccc2)[C@@](O)(C(C)=O)C(O)(C(C)=O)[C@@](O)(C(C)=O)[C@@]1(O)Cc1ccccc1. The van der Waals surface area contributed by atoms with Crippen molar-refractivity contribution in [3.05, 3.63) is 71.8 Å². The average molecular weight is 529 g/mol. The molecule has 0 spiro atoms. The predicted octanol–water partition coefficient (Wildman–Crippen LogP) is -0.772. The van der Waals surface area contributed by atoms with Gasteiger partial charge in [-0.1, -0.05) is 60.7 Å². The van der Waals surface area contributed by atoms with E-state index < -0.39 is 69.6 Å². The molecule has 6 N–H and O–H groups in total. The van der Waals surface area contributed by atoms with Gasteiger partial charge < -0.3 is 30.6 Å². The topological polar surface area (TPSA) is 190 Å². The van der Waals surface area contributed by atoms with Crippen LogP contribution in [-0.4, -0.2) is 87.4 Å². The summed E-state index contributed by atoms with van der Waals surface area (Å²) in [6.07, 6.45) is -1.94. The number of benzene rings is 2. The number of hydrogen-bond donors (Lipinski definition) is 6. The molecular weight excluding hydrogens is 496 g/mol. The Kier molecular flexibility index (Phi) is 7.18. The molecule has 0 aromatic heterocycles. The zero-order valence-corrected chi connectivity index (χ0v) is 21.5. The summed E-state index contributed by atoms with van der Waals surface area (Å²) in [6.45, 7) is 2.64. The fourth-order valence-corrected chi connectivity index (χ4v) is 6.20. The molecule has 2 aromatic carbocycles. The van der Waals surface area contributed by atoms with E-state index in [1.165, 1.54) is 48.5 Å². The van der Waals surface area contributed by atoms with Gasteiger partial charge in [0.1, 0.15) is 11.2 Å². The molecule has 0 radical (unpaired) electrons. The fraction of sp³-hybridized carbons (Fsp3) is 0.429. The molecule has 1 aliphatic carbocycles. The summed E-state index contributed by atoms with van der Waals surface area (Å²) in [5, 5.41) is 72.6. The van der Waals surface area contributed by atoms with Crippen molar-refractivity contribution in [2.45, 2.75) is 74.1 Å². The highest BCUT2D eigenvalue weighted by Gasteiger charge is 2.93. The van der Waals surface area contributed by atoms with Crippen LogP contribution in [0.1, 0.15) is 38.8 Å². The Labute approximate surface area is 219 Å². The molecule has 0 bridgehead atoms. The lowest BCUT2D eigenvalue weighted by atomic mass is 9.40. The second kappa shape index (κ2) is 9.26. The summed E-state index contributed by atoms with van der Waals surface area (Å²) in [5.74, 6) is -6.17. The van der Waals surface area contributed by atoms with E-state index in [0.717, 1.165) is 0 Å². The van der Waals surface area contributed by atoms with E-state index in [2.05, 4.69) is 0 Å². The van der Waals surface area contributed by atoms with Gasteiger partial charge in [-0.15, -0.1) is 0 Å². The average Bonchev–Trinajstić information content (AvgIpc) is 2.86. The van der Waals surface area contributed by atoms with Gasteiger partial charge in [-0.25, -0.2) is 0 Å². The van der Waals surface area contributed by atoms with Gasteiger partial charge >= 0.3 is 0 Å². The van der Waals surface area contributed by atoms with Gasteiger partial charge in [0.15, 0.2) is 39.9 Å². The monoisotopic (exact) mass is 528 g/mol. The minimum absolute atomic E-state index is 0.107. The van der Waals surface area contributed by atoms with Crippen molar-refractivity contribution in [1.29, 1.82) is 0 Å². The van der Waals surface area contributed by atoms with Crippen molar-refractivity contribution >= 4 is 23.1 Å². The smallest absolute Gasteiger partial charge is 0.200 e. The third-order valence-corrected chi connectivity index (χ3v) is 8.08. The highest BCUT2D eigenvalue weighted by Crippen LogP contribution is 2.61. The summed E-state index contributed by atoms with van der Waals surface area (Å²) >= 11 is 0. The van der Waals surface area contributed by atoms with Gasteiger partial charge in [-0.05, 0) is 38.8 Å². The summed E-state index contributed by atoms with van der Waals surface area (Å²) in [6, 6.07) is 14.8. The first kappa shape index (κ1) is 29.4. The number of hydrogen-bond acceptors (Lipinski definition) is 10. The molecular formula is C28H32O10. The first-order chi connectivity index (χ1) is 17.4. The van der Waals surface area contributed by atoms with E-state index in [0.29, 0.717) is 27.7 Å². The maximum absolute atomic E-state index is 13.4. The van der Waals surface area contributed by atoms with Gasteiger partial charge in [-0.3, -0.25) is 19.2 Å². The maximum Gasteiger partial charge on any atom is 0.200 e. The Balaban J connectivity index is 2.63. The second-order valence-corrected chi connectivity index (χ2v) is 10.1. The number of aliphatic hydroxyl groups is 6.